The quantitative estimate of drug-likeness (QED) is 0.291. The molecule has 0 spiro atoms. The van der Waals surface area contributed by atoms with Gasteiger partial charge in [0.2, 0.25) is 11.1 Å². The summed E-state index contributed by atoms with van der Waals surface area (Å²) in [5.74, 6) is 0.373. The van der Waals surface area contributed by atoms with Crippen LogP contribution in [0.3, 0.4) is 0 Å². The van der Waals surface area contributed by atoms with Crippen LogP contribution in [0.5, 0.6) is 11.5 Å². The highest BCUT2D eigenvalue weighted by molar-refractivity contribution is 9.10. The molecule has 7 nitrogen and oxygen atoms in total. The Labute approximate surface area is 192 Å². The van der Waals surface area contributed by atoms with Crippen molar-refractivity contribution >= 4 is 65.6 Å². The van der Waals surface area contributed by atoms with Crippen molar-refractivity contribution in [2.24, 2.45) is 0 Å². The largest absolute Gasteiger partial charge is 0.498 e. The van der Waals surface area contributed by atoms with Crippen LogP contribution < -0.4 is 14.9 Å². The summed E-state index contributed by atoms with van der Waals surface area (Å²) in [6, 6.07) is 10.7. The van der Waals surface area contributed by atoms with Crippen LogP contribution in [0, 0.1) is 0 Å². The Bertz CT molecular complexity index is 1280. The van der Waals surface area contributed by atoms with Gasteiger partial charge in [0.25, 0.3) is 0 Å². The molecule has 2 unspecified atom stereocenters. The second-order valence-corrected chi connectivity index (χ2v) is 9.85. The van der Waals surface area contributed by atoms with Crippen molar-refractivity contribution in [1.29, 1.82) is 0 Å². The van der Waals surface area contributed by atoms with Gasteiger partial charge in [-0.3, -0.25) is 4.79 Å². The smallest absolute Gasteiger partial charge is 0.362 e. The molecule has 0 fully saturated rings. The minimum Gasteiger partial charge on any atom is -0.498 e. The lowest BCUT2D eigenvalue weighted by molar-refractivity contribution is 0.0516. The maximum atomic E-state index is 13.0. The average molecular weight is 499 g/mol. The topological polar surface area (TPSA) is 79.7 Å². The van der Waals surface area contributed by atoms with E-state index in [0.29, 0.717) is 32.6 Å². The molecular weight excluding hydrogens is 480 g/mol. The van der Waals surface area contributed by atoms with Gasteiger partial charge < -0.3 is 14.2 Å². The second-order valence-electron chi connectivity index (χ2n) is 7.90. The summed E-state index contributed by atoms with van der Waals surface area (Å²) < 4.78 is 19.5. The molecule has 0 amide bonds. The Morgan fingerprint density at radius 3 is 2.68 bits per heavy atom. The fourth-order valence-electron chi connectivity index (χ4n) is 3.28. The first-order chi connectivity index (χ1) is 14.6. The second kappa shape index (κ2) is 7.71. The number of aromatic nitrogens is 2. The summed E-state index contributed by atoms with van der Waals surface area (Å²) in [4.78, 5) is 25.4. The van der Waals surface area contributed by atoms with Crippen LogP contribution in [-0.4, -0.2) is 56.5 Å². The zero-order valence-electron chi connectivity index (χ0n) is 17.6. The molecule has 0 N–H and O–H groups in total. The highest BCUT2D eigenvalue weighted by atomic mass is 79.9. The van der Waals surface area contributed by atoms with Crippen LogP contribution in [0.4, 0.5) is 0 Å². The van der Waals surface area contributed by atoms with Crippen molar-refractivity contribution in [2.45, 2.75) is 17.6 Å². The molecule has 2 heterocycles. The third-order valence-corrected chi connectivity index (χ3v) is 6.86. The fourth-order valence-corrected chi connectivity index (χ4v) is 4.00. The molecule has 1 aromatic heterocycles. The van der Waals surface area contributed by atoms with Gasteiger partial charge in [-0.05, 0) is 47.1 Å². The number of fused-ring (bicyclic) bond motifs is 2. The standard InChI is InChI=1S/C19H19B3BrN2O5P/c1-2-28-17(27)15-16(26)14-10(23)4-3-5-11(14)25(24-15)9-6-7-12-13(8-9)29-18(20,21)19(22,31)30-12/h3-8H,2,20-22,31H2,1H3. The summed E-state index contributed by atoms with van der Waals surface area (Å²) in [6.07, 6.45) is 0. The lowest BCUT2D eigenvalue weighted by Crippen LogP contribution is -2.61. The molecule has 0 saturated carbocycles. The summed E-state index contributed by atoms with van der Waals surface area (Å²) >= 11 is 3.42. The number of esters is 1. The van der Waals surface area contributed by atoms with Crippen LogP contribution in [0.25, 0.3) is 16.6 Å². The molecule has 156 valence electrons. The zero-order chi connectivity index (χ0) is 22.6. The molecule has 1 aliphatic heterocycles. The lowest BCUT2D eigenvalue weighted by atomic mass is 9.55. The SMILES string of the molecule is BC1(B)Oc2cc(-n3nc(C(=O)OCC)c(=O)c4c(Br)cccc43)ccc2OC1(B)P. The van der Waals surface area contributed by atoms with Gasteiger partial charge in [-0.15, -0.1) is 0 Å². The van der Waals surface area contributed by atoms with Crippen LogP contribution in [-0.2, 0) is 4.74 Å². The molecule has 1 aliphatic rings. The molecule has 0 radical (unpaired) electrons. The van der Waals surface area contributed by atoms with Gasteiger partial charge in [-0.25, -0.2) is 9.48 Å². The molecule has 0 saturated heterocycles. The third-order valence-electron chi connectivity index (χ3n) is 5.39. The van der Waals surface area contributed by atoms with Gasteiger partial charge in [-0.2, -0.15) is 5.10 Å². The monoisotopic (exact) mass is 498 g/mol. The van der Waals surface area contributed by atoms with Crippen molar-refractivity contribution in [3.63, 3.8) is 0 Å². The van der Waals surface area contributed by atoms with Crippen molar-refractivity contribution in [2.75, 3.05) is 6.61 Å². The van der Waals surface area contributed by atoms with Gasteiger partial charge >= 0.3 is 5.97 Å². The van der Waals surface area contributed by atoms with Crippen LogP contribution >= 0.6 is 25.2 Å². The number of carbonyl (C=O) groups excluding carboxylic acids is 1. The van der Waals surface area contributed by atoms with Crippen molar-refractivity contribution < 1.29 is 19.0 Å². The number of hydrogen-bond acceptors (Lipinski definition) is 6. The average Bonchev–Trinajstić information content (AvgIpc) is 2.68. The number of ether oxygens (including phenoxy) is 3. The van der Waals surface area contributed by atoms with Crippen LogP contribution in [0.1, 0.15) is 17.4 Å². The number of nitrogens with zero attached hydrogens (tertiary/aromatic N) is 2. The molecule has 31 heavy (non-hydrogen) atoms. The van der Waals surface area contributed by atoms with Crippen molar-refractivity contribution in [3.8, 4) is 17.2 Å². The predicted molar refractivity (Wildman–Crippen MR) is 133 cm³/mol. The summed E-state index contributed by atoms with van der Waals surface area (Å²) in [5.41, 5.74) is 0.377. The lowest BCUT2D eigenvalue weighted by Gasteiger charge is -2.46. The minimum atomic E-state index is -0.767. The van der Waals surface area contributed by atoms with E-state index in [4.69, 9.17) is 14.2 Å². The first-order valence-corrected chi connectivity index (χ1v) is 11.1. The number of rotatable bonds is 3. The highest BCUT2D eigenvalue weighted by Crippen LogP contribution is 2.43. The number of hydrogen-bond donors (Lipinski definition) is 0. The van der Waals surface area contributed by atoms with E-state index in [9.17, 15) is 9.59 Å². The Kier molecular flexibility index (Phi) is 5.47. The van der Waals surface area contributed by atoms with Gasteiger partial charge in [0.15, 0.2) is 35.0 Å². The van der Waals surface area contributed by atoms with Gasteiger partial charge in [-0.1, -0.05) is 15.3 Å². The van der Waals surface area contributed by atoms with E-state index >= 15 is 0 Å². The van der Waals surface area contributed by atoms with E-state index in [1.807, 2.05) is 23.5 Å². The molecule has 2 atom stereocenters. The fraction of sp³-hybridized carbons (Fsp3) is 0.211. The van der Waals surface area contributed by atoms with E-state index in [1.54, 1.807) is 48.0 Å². The zero-order valence-corrected chi connectivity index (χ0v) is 20.3. The Morgan fingerprint density at radius 1 is 1.23 bits per heavy atom. The maximum absolute atomic E-state index is 13.0. The number of carbonyl (C=O) groups is 1. The first kappa shape index (κ1) is 22.0. The summed E-state index contributed by atoms with van der Waals surface area (Å²) in [7, 11) is 8.51. The molecule has 2 aromatic carbocycles. The Hall–Kier alpha value is -2.25. The minimum absolute atomic E-state index is 0.140. The normalized spacial score (nSPS) is 19.2. The molecular formula is C19H19B3BrN2O5P. The Morgan fingerprint density at radius 2 is 1.97 bits per heavy atom. The summed E-state index contributed by atoms with van der Waals surface area (Å²) in [6.45, 7) is 1.82. The molecule has 4 rings (SSSR count). The van der Waals surface area contributed by atoms with Gasteiger partial charge in [0.1, 0.15) is 5.24 Å². The maximum Gasteiger partial charge on any atom is 0.362 e. The summed E-state index contributed by atoms with van der Waals surface area (Å²) in [5, 5.41) is 3.48. The van der Waals surface area contributed by atoms with Gasteiger partial charge in [0, 0.05) is 10.5 Å². The van der Waals surface area contributed by atoms with E-state index in [2.05, 4.69) is 30.3 Å². The number of benzene rings is 2. The van der Waals surface area contributed by atoms with E-state index in [0.717, 1.165) is 0 Å². The first-order valence-electron chi connectivity index (χ1n) is 9.76. The highest BCUT2D eigenvalue weighted by Gasteiger charge is 2.45. The molecule has 12 heteroatoms. The number of halogens is 1. The molecule has 0 bridgehead atoms. The van der Waals surface area contributed by atoms with Crippen LogP contribution in [0.15, 0.2) is 45.7 Å². The predicted octanol–water partition coefficient (Wildman–Crippen LogP) is 0.178. The van der Waals surface area contributed by atoms with Crippen molar-refractivity contribution in [1.82, 2.24) is 9.78 Å². The third kappa shape index (κ3) is 3.68. The van der Waals surface area contributed by atoms with Crippen LogP contribution in [0.2, 0.25) is 0 Å². The molecule has 3 aromatic rings. The Balaban J connectivity index is 1.95. The van der Waals surface area contributed by atoms with E-state index in [1.165, 1.54) is 0 Å². The van der Waals surface area contributed by atoms with Gasteiger partial charge in [0.05, 0.1) is 28.6 Å². The van der Waals surface area contributed by atoms with E-state index < -0.39 is 22.0 Å². The van der Waals surface area contributed by atoms with E-state index in [-0.39, 0.29) is 12.3 Å². The van der Waals surface area contributed by atoms with Crippen molar-refractivity contribution in [3.05, 3.63) is 56.8 Å². The molecule has 0 aliphatic carbocycles.